The van der Waals surface area contributed by atoms with Gasteiger partial charge >= 0.3 is 0 Å². The number of ether oxygens (including phenoxy) is 1. The second kappa shape index (κ2) is 6.05. The van der Waals surface area contributed by atoms with Crippen LogP contribution in [0.2, 0.25) is 0 Å². The van der Waals surface area contributed by atoms with Crippen LogP contribution in [0.25, 0.3) is 0 Å². The van der Waals surface area contributed by atoms with Crippen LogP contribution in [0.3, 0.4) is 0 Å². The van der Waals surface area contributed by atoms with Gasteiger partial charge in [0.05, 0.1) is 0 Å². The zero-order chi connectivity index (χ0) is 7.98. The highest BCUT2D eigenvalue weighted by Crippen LogP contribution is 2.20. The Balaban J connectivity index is 3.27. The maximum absolute atomic E-state index is 5.38. The minimum absolute atomic E-state index is 0.361. The quantitative estimate of drug-likeness (QED) is 0.575. The lowest BCUT2D eigenvalue weighted by atomic mass is 10.4. The molecule has 1 nitrogen and oxygen atoms in total. The van der Waals surface area contributed by atoms with E-state index in [0.29, 0.717) is 5.44 Å². The van der Waals surface area contributed by atoms with Gasteiger partial charge in [0, 0.05) is 11.9 Å². The van der Waals surface area contributed by atoms with Gasteiger partial charge in [-0.25, -0.2) is 0 Å². The van der Waals surface area contributed by atoms with Gasteiger partial charge in [0.15, 0.2) is 0 Å². The second-order valence-electron chi connectivity index (χ2n) is 2.38. The van der Waals surface area contributed by atoms with Crippen LogP contribution in [0.1, 0.15) is 34.1 Å². The van der Waals surface area contributed by atoms with Crippen LogP contribution >= 0.6 is 11.8 Å². The lowest BCUT2D eigenvalue weighted by Crippen LogP contribution is -2.07. The summed E-state index contributed by atoms with van der Waals surface area (Å²) in [4.78, 5) is 0. The highest BCUT2D eigenvalue weighted by Gasteiger charge is 2.05. The first kappa shape index (κ1) is 10.3. The standard InChI is InChI=1S/C8H18OS/c1-5-7(3)10-8(4)9-6-2/h7-8H,5-6H2,1-4H3. The first-order valence-corrected chi connectivity index (χ1v) is 4.92. The van der Waals surface area contributed by atoms with E-state index in [2.05, 4.69) is 20.8 Å². The molecule has 2 heteroatoms. The third-order valence-electron chi connectivity index (χ3n) is 1.40. The largest absolute Gasteiger partial charge is 0.368 e. The summed E-state index contributed by atoms with van der Waals surface area (Å²) in [6.45, 7) is 9.41. The molecular formula is C8H18OS. The Morgan fingerprint density at radius 1 is 1.30 bits per heavy atom. The molecule has 0 amide bonds. The zero-order valence-corrected chi connectivity index (χ0v) is 8.20. The van der Waals surface area contributed by atoms with Crippen LogP contribution in [-0.4, -0.2) is 17.3 Å². The summed E-state index contributed by atoms with van der Waals surface area (Å²) in [5.41, 5.74) is 0.361. The SMILES string of the molecule is CCOC(C)SC(C)CC. The van der Waals surface area contributed by atoms with Gasteiger partial charge in [-0.05, 0) is 20.3 Å². The molecule has 0 fully saturated rings. The third kappa shape index (κ3) is 5.12. The summed E-state index contributed by atoms with van der Waals surface area (Å²) in [5, 5.41) is 0.724. The first-order chi connectivity index (χ1) is 4.70. The Hall–Kier alpha value is 0.310. The minimum Gasteiger partial charge on any atom is -0.368 e. The van der Waals surface area contributed by atoms with Crippen molar-refractivity contribution >= 4 is 11.8 Å². The Morgan fingerprint density at radius 2 is 1.90 bits per heavy atom. The molecule has 0 radical (unpaired) electrons. The zero-order valence-electron chi connectivity index (χ0n) is 7.39. The van der Waals surface area contributed by atoms with Gasteiger partial charge < -0.3 is 4.74 Å². The molecule has 62 valence electrons. The maximum Gasteiger partial charge on any atom is 0.100 e. The molecule has 10 heavy (non-hydrogen) atoms. The van der Waals surface area contributed by atoms with E-state index in [-0.39, 0.29) is 0 Å². The molecule has 0 aromatic rings. The fourth-order valence-corrected chi connectivity index (χ4v) is 1.76. The monoisotopic (exact) mass is 162 g/mol. The molecule has 0 N–H and O–H groups in total. The van der Waals surface area contributed by atoms with E-state index in [0.717, 1.165) is 11.9 Å². The summed E-state index contributed by atoms with van der Waals surface area (Å²) in [7, 11) is 0. The molecule has 0 aliphatic heterocycles. The van der Waals surface area contributed by atoms with Crippen molar-refractivity contribution in [3.05, 3.63) is 0 Å². The smallest absolute Gasteiger partial charge is 0.100 e. The molecule has 0 bridgehead atoms. The van der Waals surface area contributed by atoms with E-state index in [9.17, 15) is 0 Å². The fourth-order valence-electron chi connectivity index (χ4n) is 0.697. The molecule has 0 spiro atoms. The van der Waals surface area contributed by atoms with Crippen molar-refractivity contribution in [2.45, 2.75) is 44.8 Å². The molecule has 0 aromatic heterocycles. The van der Waals surface area contributed by atoms with Crippen molar-refractivity contribution in [1.82, 2.24) is 0 Å². The second-order valence-corrected chi connectivity index (χ2v) is 4.12. The number of hydrogen-bond acceptors (Lipinski definition) is 2. The van der Waals surface area contributed by atoms with Gasteiger partial charge in [0.25, 0.3) is 0 Å². The number of rotatable bonds is 5. The molecule has 0 saturated heterocycles. The molecule has 0 heterocycles. The topological polar surface area (TPSA) is 9.23 Å². The minimum atomic E-state index is 0.361. The normalized spacial score (nSPS) is 16.8. The maximum atomic E-state index is 5.38. The first-order valence-electron chi connectivity index (χ1n) is 3.97. The van der Waals surface area contributed by atoms with Crippen molar-refractivity contribution in [2.75, 3.05) is 6.61 Å². The van der Waals surface area contributed by atoms with E-state index in [1.807, 2.05) is 18.7 Å². The summed E-state index contributed by atoms with van der Waals surface area (Å²) >= 11 is 1.90. The molecule has 0 aliphatic rings. The Bertz CT molecular complexity index is 75.7. The van der Waals surface area contributed by atoms with E-state index < -0.39 is 0 Å². The van der Waals surface area contributed by atoms with Gasteiger partial charge in [0.1, 0.15) is 5.44 Å². The van der Waals surface area contributed by atoms with Gasteiger partial charge in [-0.15, -0.1) is 11.8 Å². The lowest BCUT2D eigenvalue weighted by Gasteiger charge is -2.14. The van der Waals surface area contributed by atoms with Crippen LogP contribution < -0.4 is 0 Å². The average Bonchev–Trinajstić information content (AvgIpc) is 1.88. The van der Waals surface area contributed by atoms with Crippen molar-refractivity contribution in [2.24, 2.45) is 0 Å². The predicted molar refractivity (Wildman–Crippen MR) is 48.4 cm³/mol. The third-order valence-corrected chi connectivity index (χ3v) is 2.72. The van der Waals surface area contributed by atoms with Crippen molar-refractivity contribution < 1.29 is 4.74 Å². The predicted octanol–water partition coefficient (Wildman–Crippen LogP) is 2.90. The fraction of sp³-hybridized carbons (Fsp3) is 1.00. The van der Waals surface area contributed by atoms with Crippen molar-refractivity contribution in [3.63, 3.8) is 0 Å². The molecule has 2 unspecified atom stereocenters. The van der Waals surface area contributed by atoms with E-state index >= 15 is 0 Å². The van der Waals surface area contributed by atoms with Crippen LogP contribution in [0.4, 0.5) is 0 Å². The molecule has 0 rings (SSSR count). The van der Waals surface area contributed by atoms with Crippen LogP contribution in [0.15, 0.2) is 0 Å². The molecule has 0 aromatic carbocycles. The molecule has 0 aliphatic carbocycles. The summed E-state index contributed by atoms with van der Waals surface area (Å²) in [5.74, 6) is 0. The Morgan fingerprint density at radius 3 is 2.30 bits per heavy atom. The lowest BCUT2D eigenvalue weighted by molar-refractivity contribution is 0.137. The van der Waals surface area contributed by atoms with Gasteiger partial charge in [-0.2, -0.15) is 0 Å². The molecular weight excluding hydrogens is 144 g/mol. The van der Waals surface area contributed by atoms with E-state index in [1.54, 1.807) is 0 Å². The van der Waals surface area contributed by atoms with Gasteiger partial charge in [-0.3, -0.25) is 0 Å². The highest BCUT2D eigenvalue weighted by atomic mass is 32.2. The van der Waals surface area contributed by atoms with E-state index in [4.69, 9.17) is 4.74 Å². The van der Waals surface area contributed by atoms with Gasteiger partial charge in [0.2, 0.25) is 0 Å². The summed E-state index contributed by atoms with van der Waals surface area (Å²) in [6, 6.07) is 0. The average molecular weight is 162 g/mol. The number of hydrogen-bond donors (Lipinski definition) is 0. The van der Waals surface area contributed by atoms with Crippen molar-refractivity contribution in [1.29, 1.82) is 0 Å². The Labute approximate surface area is 68.5 Å². The molecule has 2 atom stereocenters. The number of thioether (sulfide) groups is 1. The van der Waals surface area contributed by atoms with Crippen LogP contribution in [-0.2, 0) is 4.74 Å². The van der Waals surface area contributed by atoms with Gasteiger partial charge in [-0.1, -0.05) is 13.8 Å². The summed E-state index contributed by atoms with van der Waals surface area (Å²) < 4.78 is 5.38. The van der Waals surface area contributed by atoms with Crippen LogP contribution in [0.5, 0.6) is 0 Å². The highest BCUT2D eigenvalue weighted by molar-refractivity contribution is 8.00. The summed E-state index contributed by atoms with van der Waals surface area (Å²) in [6.07, 6.45) is 1.22. The molecule has 0 saturated carbocycles. The van der Waals surface area contributed by atoms with Crippen molar-refractivity contribution in [3.8, 4) is 0 Å². The van der Waals surface area contributed by atoms with Crippen LogP contribution in [0, 0.1) is 0 Å². The van der Waals surface area contributed by atoms with E-state index in [1.165, 1.54) is 6.42 Å². The Kier molecular flexibility index (Phi) is 6.24.